The minimum Gasteiger partial charge on any atom is -0.0654 e. The van der Waals surface area contributed by atoms with E-state index in [1.807, 2.05) is 0 Å². The van der Waals surface area contributed by atoms with E-state index in [0.29, 0.717) is 10.8 Å². The van der Waals surface area contributed by atoms with Gasteiger partial charge in [-0.05, 0) is 30.1 Å². The first-order valence-electron chi connectivity index (χ1n) is 6.58. The number of hydrogen-bond acceptors (Lipinski definition) is 0. The van der Waals surface area contributed by atoms with Gasteiger partial charge in [0.15, 0.2) is 0 Å². The van der Waals surface area contributed by atoms with Gasteiger partial charge >= 0.3 is 0 Å². The van der Waals surface area contributed by atoms with Crippen LogP contribution in [0, 0.1) is 10.8 Å². The van der Waals surface area contributed by atoms with Crippen LogP contribution in [0.5, 0.6) is 0 Å². The summed E-state index contributed by atoms with van der Waals surface area (Å²) >= 11 is 0. The molecule has 2 atom stereocenters. The van der Waals surface area contributed by atoms with E-state index in [1.165, 1.54) is 51.4 Å². The van der Waals surface area contributed by atoms with Crippen LogP contribution in [0.2, 0.25) is 0 Å². The summed E-state index contributed by atoms with van der Waals surface area (Å²) in [4.78, 5) is 0. The molecule has 84 valence electrons. The highest BCUT2D eigenvalue weighted by molar-refractivity contribution is 4.94. The standard InChI is InChI=1S/C14H28/c1-5-7-10-14(4)12-9-8-11-13(14,3)6-2/h5-12H2,1-4H3. The molecule has 0 aliphatic heterocycles. The first-order valence-corrected chi connectivity index (χ1v) is 6.58. The molecule has 0 aromatic heterocycles. The summed E-state index contributed by atoms with van der Waals surface area (Å²) in [6.45, 7) is 9.78. The molecular weight excluding hydrogens is 168 g/mol. The summed E-state index contributed by atoms with van der Waals surface area (Å²) in [7, 11) is 0. The highest BCUT2D eigenvalue weighted by Crippen LogP contribution is 2.54. The fraction of sp³-hybridized carbons (Fsp3) is 1.00. The van der Waals surface area contributed by atoms with Crippen molar-refractivity contribution in [2.75, 3.05) is 0 Å². The molecule has 0 radical (unpaired) electrons. The summed E-state index contributed by atoms with van der Waals surface area (Å²) in [5, 5.41) is 0. The molecule has 1 aliphatic rings. The zero-order valence-electron chi connectivity index (χ0n) is 10.7. The molecule has 0 heterocycles. The van der Waals surface area contributed by atoms with E-state index in [0.717, 1.165) is 0 Å². The van der Waals surface area contributed by atoms with Crippen LogP contribution >= 0.6 is 0 Å². The third-order valence-electron chi connectivity index (χ3n) is 5.03. The third kappa shape index (κ3) is 2.15. The summed E-state index contributed by atoms with van der Waals surface area (Å²) in [6, 6.07) is 0. The van der Waals surface area contributed by atoms with Crippen LogP contribution in [0.4, 0.5) is 0 Å². The topological polar surface area (TPSA) is 0 Å². The average Bonchev–Trinajstić information content (AvgIpc) is 2.20. The predicted octanol–water partition coefficient (Wildman–Crippen LogP) is 5.17. The molecule has 1 saturated carbocycles. The van der Waals surface area contributed by atoms with Crippen molar-refractivity contribution in [3.8, 4) is 0 Å². The van der Waals surface area contributed by atoms with Crippen LogP contribution in [-0.2, 0) is 0 Å². The maximum Gasteiger partial charge on any atom is -0.0272 e. The first-order chi connectivity index (χ1) is 6.58. The second-order valence-electron chi connectivity index (χ2n) is 5.79. The molecule has 1 fully saturated rings. The monoisotopic (exact) mass is 196 g/mol. The van der Waals surface area contributed by atoms with Crippen LogP contribution in [0.25, 0.3) is 0 Å². The van der Waals surface area contributed by atoms with Gasteiger partial charge in [-0.25, -0.2) is 0 Å². The molecule has 0 amide bonds. The van der Waals surface area contributed by atoms with Gasteiger partial charge < -0.3 is 0 Å². The van der Waals surface area contributed by atoms with Crippen molar-refractivity contribution in [2.24, 2.45) is 10.8 Å². The van der Waals surface area contributed by atoms with Gasteiger partial charge in [-0.2, -0.15) is 0 Å². The van der Waals surface area contributed by atoms with Crippen LogP contribution in [-0.4, -0.2) is 0 Å². The lowest BCUT2D eigenvalue weighted by Crippen LogP contribution is -2.40. The van der Waals surface area contributed by atoms with E-state index in [4.69, 9.17) is 0 Å². The Hall–Kier alpha value is 0. The first kappa shape index (κ1) is 12.1. The zero-order valence-corrected chi connectivity index (χ0v) is 10.7. The molecule has 1 aliphatic carbocycles. The molecule has 0 saturated heterocycles. The normalized spacial score (nSPS) is 38.6. The van der Waals surface area contributed by atoms with Crippen molar-refractivity contribution < 1.29 is 0 Å². The van der Waals surface area contributed by atoms with Gasteiger partial charge in [0.25, 0.3) is 0 Å². The van der Waals surface area contributed by atoms with Gasteiger partial charge in [-0.1, -0.05) is 59.8 Å². The number of hydrogen-bond donors (Lipinski definition) is 0. The minimum absolute atomic E-state index is 0.625. The lowest BCUT2D eigenvalue weighted by molar-refractivity contribution is 0.00294. The van der Waals surface area contributed by atoms with Crippen molar-refractivity contribution in [3.63, 3.8) is 0 Å². The Morgan fingerprint density at radius 1 is 0.929 bits per heavy atom. The minimum atomic E-state index is 0.625. The Kier molecular flexibility index (Phi) is 4.04. The molecule has 14 heavy (non-hydrogen) atoms. The zero-order chi connectivity index (χ0) is 10.7. The SMILES string of the molecule is CCCCC1(C)CCCCC1(C)CC. The Labute approximate surface area is 90.5 Å². The van der Waals surface area contributed by atoms with E-state index in [1.54, 1.807) is 0 Å². The summed E-state index contributed by atoms with van der Waals surface area (Å²) in [5.41, 5.74) is 1.26. The highest BCUT2D eigenvalue weighted by atomic mass is 14.5. The lowest BCUT2D eigenvalue weighted by atomic mass is 9.55. The molecular formula is C14H28. The van der Waals surface area contributed by atoms with Gasteiger partial charge in [-0.3, -0.25) is 0 Å². The highest BCUT2D eigenvalue weighted by Gasteiger charge is 2.43. The fourth-order valence-corrected chi connectivity index (χ4v) is 3.23. The molecule has 0 heteroatoms. The maximum atomic E-state index is 2.55. The van der Waals surface area contributed by atoms with Crippen LogP contribution in [0.3, 0.4) is 0 Å². The van der Waals surface area contributed by atoms with E-state index >= 15 is 0 Å². The summed E-state index contributed by atoms with van der Waals surface area (Å²) < 4.78 is 0. The predicted molar refractivity (Wildman–Crippen MR) is 64.5 cm³/mol. The second kappa shape index (κ2) is 4.68. The van der Waals surface area contributed by atoms with Gasteiger partial charge in [0.05, 0.1) is 0 Å². The third-order valence-corrected chi connectivity index (χ3v) is 5.03. The molecule has 0 spiro atoms. The van der Waals surface area contributed by atoms with E-state index in [9.17, 15) is 0 Å². The molecule has 1 rings (SSSR count). The van der Waals surface area contributed by atoms with E-state index < -0.39 is 0 Å². The lowest BCUT2D eigenvalue weighted by Gasteiger charge is -2.50. The number of unbranched alkanes of at least 4 members (excludes halogenated alkanes) is 1. The van der Waals surface area contributed by atoms with Gasteiger partial charge in [0, 0.05) is 0 Å². The molecule has 0 aromatic carbocycles. The van der Waals surface area contributed by atoms with Crippen molar-refractivity contribution in [1.29, 1.82) is 0 Å². The summed E-state index contributed by atoms with van der Waals surface area (Å²) in [6.07, 6.45) is 11.5. The van der Waals surface area contributed by atoms with Crippen molar-refractivity contribution >= 4 is 0 Å². The Morgan fingerprint density at radius 2 is 1.50 bits per heavy atom. The van der Waals surface area contributed by atoms with E-state index in [-0.39, 0.29) is 0 Å². The van der Waals surface area contributed by atoms with Crippen LogP contribution < -0.4 is 0 Å². The Bertz CT molecular complexity index is 173. The number of rotatable bonds is 4. The van der Waals surface area contributed by atoms with Gasteiger partial charge in [0.2, 0.25) is 0 Å². The molecule has 2 unspecified atom stereocenters. The van der Waals surface area contributed by atoms with E-state index in [2.05, 4.69) is 27.7 Å². The largest absolute Gasteiger partial charge is 0.0654 e. The maximum absolute atomic E-state index is 2.55. The average molecular weight is 196 g/mol. The molecule has 0 N–H and O–H groups in total. The molecule has 0 bridgehead atoms. The van der Waals surface area contributed by atoms with Gasteiger partial charge in [0.1, 0.15) is 0 Å². The smallest absolute Gasteiger partial charge is 0.0272 e. The van der Waals surface area contributed by atoms with Crippen molar-refractivity contribution in [3.05, 3.63) is 0 Å². The molecule has 0 nitrogen and oxygen atoms in total. The van der Waals surface area contributed by atoms with Crippen LogP contribution in [0.1, 0.15) is 79.1 Å². The Balaban J connectivity index is 2.69. The fourth-order valence-electron chi connectivity index (χ4n) is 3.23. The Morgan fingerprint density at radius 3 is 2.00 bits per heavy atom. The summed E-state index contributed by atoms with van der Waals surface area (Å²) in [5.74, 6) is 0. The van der Waals surface area contributed by atoms with Crippen LogP contribution in [0.15, 0.2) is 0 Å². The second-order valence-corrected chi connectivity index (χ2v) is 5.79. The van der Waals surface area contributed by atoms with Crippen molar-refractivity contribution in [1.82, 2.24) is 0 Å². The van der Waals surface area contributed by atoms with Gasteiger partial charge in [-0.15, -0.1) is 0 Å². The quantitative estimate of drug-likeness (QED) is 0.581. The van der Waals surface area contributed by atoms with Crippen molar-refractivity contribution in [2.45, 2.75) is 79.1 Å². The molecule has 0 aromatic rings.